The van der Waals surface area contributed by atoms with Crippen molar-refractivity contribution >= 4 is 33.2 Å². The number of H-pyrrole nitrogens is 1. The number of piperazine rings is 1. The van der Waals surface area contributed by atoms with Crippen LogP contribution in [0.3, 0.4) is 0 Å². The molecule has 1 aliphatic rings. The SMILES string of the molecule is C[C@H]1CN(c2n[nH]c(-c3sccc3Br)n2)CCN1. The summed E-state index contributed by atoms with van der Waals surface area (Å²) < 4.78 is 1.06. The number of aromatic amines is 1. The molecular weight excluding hydrogens is 314 g/mol. The molecule has 0 unspecified atom stereocenters. The summed E-state index contributed by atoms with van der Waals surface area (Å²) in [5, 5.41) is 12.8. The van der Waals surface area contributed by atoms with Gasteiger partial charge >= 0.3 is 0 Å². The number of hydrogen-bond donors (Lipinski definition) is 2. The molecule has 1 saturated heterocycles. The molecule has 0 radical (unpaired) electrons. The molecule has 1 atom stereocenters. The van der Waals surface area contributed by atoms with Crippen LogP contribution in [-0.2, 0) is 0 Å². The van der Waals surface area contributed by atoms with Gasteiger partial charge in [-0.05, 0) is 34.3 Å². The highest BCUT2D eigenvalue weighted by molar-refractivity contribution is 9.10. The highest BCUT2D eigenvalue weighted by Gasteiger charge is 2.20. The van der Waals surface area contributed by atoms with E-state index in [1.54, 1.807) is 11.3 Å². The van der Waals surface area contributed by atoms with Gasteiger partial charge in [0.15, 0.2) is 5.82 Å². The molecule has 2 aromatic heterocycles. The molecule has 7 heteroatoms. The summed E-state index contributed by atoms with van der Waals surface area (Å²) in [6.07, 6.45) is 0. The molecule has 0 saturated carbocycles. The number of hydrogen-bond acceptors (Lipinski definition) is 5. The molecule has 2 N–H and O–H groups in total. The zero-order chi connectivity index (χ0) is 12.5. The van der Waals surface area contributed by atoms with E-state index in [2.05, 4.69) is 48.3 Å². The van der Waals surface area contributed by atoms with Crippen LogP contribution in [0, 0.1) is 0 Å². The van der Waals surface area contributed by atoms with E-state index < -0.39 is 0 Å². The van der Waals surface area contributed by atoms with Crippen molar-refractivity contribution in [1.29, 1.82) is 0 Å². The van der Waals surface area contributed by atoms with Gasteiger partial charge in [-0.15, -0.1) is 16.4 Å². The Morgan fingerprint density at radius 1 is 1.56 bits per heavy atom. The second kappa shape index (κ2) is 4.99. The molecule has 3 rings (SSSR count). The third-order valence-electron chi connectivity index (χ3n) is 2.96. The van der Waals surface area contributed by atoms with Crippen LogP contribution in [0.2, 0.25) is 0 Å². The number of nitrogens with zero attached hydrogens (tertiary/aromatic N) is 3. The van der Waals surface area contributed by atoms with Gasteiger partial charge in [0, 0.05) is 30.1 Å². The van der Waals surface area contributed by atoms with E-state index >= 15 is 0 Å². The number of halogens is 1. The molecule has 0 aliphatic carbocycles. The number of thiophene rings is 1. The lowest BCUT2D eigenvalue weighted by Gasteiger charge is -2.30. The van der Waals surface area contributed by atoms with Crippen molar-refractivity contribution in [3.63, 3.8) is 0 Å². The Balaban J connectivity index is 1.83. The highest BCUT2D eigenvalue weighted by Crippen LogP contribution is 2.31. The van der Waals surface area contributed by atoms with Gasteiger partial charge in [0.2, 0.25) is 5.95 Å². The summed E-state index contributed by atoms with van der Waals surface area (Å²) in [7, 11) is 0. The van der Waals surface area contributed by atoms with Crippen molar-refractivity contribution < 1.29 is 0 Å². The zero-order valence-corrected chi connectivity index (χ0v) is 12.4. The van der Waals surface area contributed by atoms with E-state index in [-0.39, 0.29) is 0 Å². The fraction of sp³-hybridized carbons (Fsp3) is 0.455. The van der Waals surface area contributed by atoms with Crippen molar-refractivity contribution in [2.75, 3.05) is 24.5 Å². The summed E-state index contributed by atoms with van der Waals surface area (Å²) in [5.74, 6) is 1.62. The number of aromatic nitrogens is 3. The standard InChI is InChI=1S/C11H14BrN5S/c1-7-6-17(4-3-13-7)11-14-10(15-16-11)9-8(12)2-5-18-9/h2,5,7,13H,3-4,6H2,1H3,(H,14,15,16)/t7-/m0/s1. The first-order chi connectivity index (χ1) is 8.74. The van der Waals surface area contributed by atoms with E-state index in [4.69, 9.17) is 0 Å². The van der Waals surface area contributed by atoms with Crippen LogP contribution in [0.25, 0.3) is 10.7 Å². The minimum absolute atomic E-state index is 0.481. The molecule has 1 fully saturated rings. The van der Waals surface area contributed by atoms with Crippen molar-refractivity contribution in [3.8, 4) is 10.7 Å². The molecular formula is C11H14BrN5S. The average Bonchev–Trinajstić information content (AvgIpc) is 2.97. The molecule has 96 valence electrons. The molecule has 2 aromatic rings. The molecule has 3 heterocycles. The monoisotopic (exact) mass is 327 g/mol. The van der Waals surface area contributed by atoms with Gasteiger partial charge in [-0.2, -0.15) is 4.98 Å². The van der Waals surface area contributed by atoms with Crippen LogP contribution in [-0.4, -0.2) is 40.9 Å². The Kier molecular flexibility index (Phi) is 3.36. The van der Waals surface area contributed by atoms with Crippen molar-refractivity contribution in [2.45, 2.75) is 13.0 Å². The van der Waals surface area contributed by atoms with Gasteiger partial charge in [-0.3, -0.25) is 5.10 Å². The van der Waals surface area contributed by atoms with Crippen molar-refractivity contribution in [2.24, 2.45) is 0 Å². The zero-order valence-electron chi connectivity index (χ0n) is 9.98. The molecule has 1 aliphatic heterocycles. The second-order valence-corrected chi connectivity index (χ2v) is 6.15. The van der Waals surface area contributed by atoms with Gasteiger partial charge in [-0.25, -0.2) is 0 Å². The molecule has 0 spiro atoms. The predicted octanol–water partition coefficient (Wildman–Crippen LogP) is 2.09. The van der Waals surface area contributed by atoms with Crippen LogP contribution >= 0.6 is 27.3 Å². The van der Waals surface area contributed by atoms with Gasteiger partial charge in [0.1, 0.15) is 0 Å². The lowest BCUT2D eigenvalue weighted by atomic mass is 10.2. The number of nitrogens with one attached hydrogen (secondary N) is 2. The quantitative estimate of drug-likeness (QED) is 0.886. The average molecular weight is 328 g/mol. The van der Waals surface area contributed by atoms with Gasteiger partial charge < -0.3 is 10.2 Å². The second-order valence-electron chi connectivity index (χ2n) is 4.38. The third-order valence-corrected chi connectivity index (χ3v) is 4.80. The number of rotatable bonds is 2. The van der Waals surface area contributed by atoms with Crippen LogP contribution < -0.4 is 10.2 Å². The molecule has 0 bridgehead atoms. The lowest BCUT2D eigenvalue weighted by molar-refractivity contribution is 0.480. The van der Waals surface area contributed by atoms with E-state index in [0.29, 0.717) is 6.04 Å². The molecule has 0 amide bonds. The maximum Gasteiger partial charge on any atom is 0.245 e. The van der Waals surface area contributed by atoms with E-state index in [0.717, 1.165) is 40.8 Å². The first kappa shape index (κ1) is 12.1. The third kappa shape index (κ3) is 2.30. The van der Waals surface area contributed by atoms with E-state index in [9.17, 15) is 0 Å². The maximum atomic E-state index is 4.58. The highest BCUT2D eigenvalue weighted by atomic mass is 79.9. The fourth-order valence-electron chi connectivity index (χ4n) is 2.07. The topological polar surface area (TPSA) is 56.8 Å². The first-order valence-electron chi connectivity index (χ1n) is 5.88. The summed E-state index contributed by atoms with van der Waals surface area (Å²) in [6.45, 7) is 5.06. The maximum absolute atomic E-state index is 4.58. The largest absolute Gasteiger partial charge is 0.337 e. The minimum atomic E-state index is 0.481. The Morgan fingerprint density at radius 3 is 3.17 bits per heavy atom. The normalized spacial score (nSPS) is 20.3. The van der Waals surface area contributed by atoms with Gasteiger partial charge in [0.05, 0.1) is 4.88 Å². The van der Waals surface area contributed by atoms with Crippen LogP contribution in [0.15, 0.2) is 15.9 Å². The Morgan fingerprint density at radius 2 is 2.44 bits per heavy atom. The summed E-state index contributed by atoms with van der Waals surface area (Å²) in [5.41, 5.74) is 0. The Labute approximate surface area is 118 Å². The van der Waals surface area contributed by atoms with Gasteiger partial charge in [-0.1, -0.05) is 0 Å². The summed E-state index contributed by atoms with van der Waals surface area (Å²) >= 11 is 5.17. The lowest BCUT2D eigenvalue weighted by Crippen LogP contribution is -2.49. The minimum Gasteiger partial charge on any atom is -0.337 e. The molecule has 0 aromatic carbocycles. The fourth-order valence-corrected chi connectivity index (χ4v) is 3.57. The molecule has 18 heavy (non-hydrogen) atoms. The number of anilines is 1. The Hall–Kier alpha value is -0.920. The summed E-state index contributed by atoms with van der Waals surface area (Å²) in [4.78, 5) is 7.89. The van der Waals surface area contributed by atoms with Crippen molar-refractivity contribution in [1.82, 2.24) is 20.5 Å². The Bertz CT molecular complexity index is 537. The molecule has 5 nitrogen and oxygen atoms in total. The van der Waals surface area contributed by atoms with Crippen LogP contribution in [0.5, 0.6) is 0 Å². The predicted molar refractivity (Wildman–Crippen MR) is 77.1 cm³/mol. The van der Waals surface area contributed by atoms with Crippen LogP contribution in [0.1, 0.15) is 6.92 Å². The van der Waals surface area contributed by atoms with Crippen LogP contribution in [0.4, 0.5) is 5.95 Å². The smallest absolute Gasteiger partial charge is 0.245 e. The van der Waals surface area contributed by atoms with Crippen molar-refractivity contribution in [3.05, 3.63) is 15.9 Å². The van der Waals surface area contributed by atoms with Gasteiger partial charge in [0.25, 0.3) is 0 Å². The summed E-state index contributed by atoms with van der Waals surface area (Å²) in [6, 6.07) is 2.50. The first-order valence-corrected chi connectivity index (χ1v) is 7.55. The van der Waals surface area contributed by atoms with E-state index in [1.165, 1.54) is 0 Å². The van der Waals surface area contributed by atoms with E-state index in [1.807, 2.05) is 11.4 Å².